The summed E-state index contributed by atoms with van der Waals surface area (Å²) in [6, 6.07) is 71.8. The normalized spacial score (nSPS) is 11.7. The fraction of sp³-hybridized carbons (Fsp3) is 0.0645. The summed E-state index contributed by atoms with van der Waals surface area (Å²) in [6.07, 6.45) is 17.0. The molecule has 0 atom stereocenters. The predicted molar refractivity (Wildman–Crippen MR) is 278 cm³/mol. The van der Waals surface area contributed by atoms with Gasteiger partial charge in [0.25, 0.3) is 0 Å². The first-order valence-corrected chi connectivity index (χ1v) is 22.1. The molecule has 0 radical (unpaired) electrons. The fourth-order valence-electron chi connectivity index (χ4n) is 8.39. The van der Waals surface area contributed by atoms with E-state index >= 15 is 0 Å². The SMILES string of the molecule is C=C/C(=C\C=C/CN(/C=C\C)c1ccccc1)c1ccc(N(c2ccc(-c3ccccc3)cc2)c2ccc(-c3cccc(C)c3/C=C\C)c(-c3ccccc3)c2)cc1-c1ccccc1. The zero-order chi connectivity index (χ0) is 44.1. The van der Waals surface area contributed by atoms with Crippen LogP contribution in [0, 0.1) is 6.92 Å². The van der Waals surface area contributed by atoms with Gasteiger partial charge in [0.1, 0.15) is 0 Å². The second-order valence-corrected chi connectivity index (χ2v) is 15.7. The lowest BCUT2D eigenvalue weighted by atomic mass is 9.89. The van der Waals surface area contributed by atoms with Crippen LogP contribution in [0.3, 0.4) is 0 Å². The molecule has 8 rings (SSSR count). The predicted octanol–water partition coefficient (Wildman–Crippen LogP) is 17.3. The van der Waals surface area contributed by atoms with Gasteiger partial charge in [-0.2, -0.15) is 0 Å². The molecule has 0 unspecified atom stereocenters. The van der Waals surface area contributed by atoms with Crippen LogP contribution in [0.2, 0.25) is 0 Å². The number of rotatable bonds is 15. The maximum atomic E-state index is 4.31. The van der Waals surface area contributed by atoms with Gasteiger partial charge in [0.15, 0.2) is 0 Å². The van der Waals surface area contributed by atoms with Crippen molar-refractivity contribution in [1.29, 1.82) is 0 Å². The maximum absolute atomic E-state index is 4.31. The molecule has 64 heavy (non-hydrogen) atoms. The lowest BCUT2D eigenvalue weighted by Gasteiger charge is -2.28. The summed E-state index contributed by atoms with van der Waals surface area (Å²) >= 11 is 0. The van der Waals surface area contributed by atoms with E-state index in [0.29, 0.717) is 0 Å². The maximum Gasteiger partial charge on any atom is 0.0468 e. The molecule has 0 saturated carbocycles. The Hall–Kier alpha value is -7.94. The Morgan fingerprint density at radius 2 is 1.05 bits per heavy atom. The Balaban J connectivity index is 1.28. The van der Waals surface area contributed by atoms with Crippen LogP contribution in [0.15, 0.2) is 249 Å². The van der Waals surface area contributed by atoms with Crippen LogP contribution in [-0.2, 0) is 0 Å². The van der Waals surface area contributed by atoms with Gasteiger partial charge in [-0.1, -0.05) is 201 Å². The van der Waals surface area contributed by atoms with Crippen LogP contribution in [-0.4, -0.2) is 6.54 Å². The standard InChI is InChI=1S/C62H54N2/c1-5-23-57-47(4)24-22-34-59(57)60-42-40-56(46-62(60)52-30-16-10-17-31-52)64(54-37-35-50(36-38-54)49-26-12-8-13-27-49)55-39-41-58(61(45-55)51-28-14-9-15-29-51)48(7-3)25-20-21-44-63(43-6-2)53-32-18-11-19-33-53/h5-43,45-46H,3,44H2,1-2,4H3/b21-20-,23-5-,43-6-,48-25+. The van der Waals surface area contributed by atoms with Gasteiger partial charge in [-0.25, -0.2) is 0 Å². The Morgan fingerprint density at radius 3 is 1.67 bits per heavy atom. The van der Waals surface area contributed by atoms with Crippen molar-refractivity contribution < 1.29 is 0 Å². The quantitative estimate of drug-likeness (QED) is 0.0950. The third-order valence-corrected chi connectivity index (χ3v) is 11.5. The zero-order valence-corrected chi connectivity index (χ0v) is 37.0. The van der Waals surface area contributed by atoms with Crippen molar-refractivity contribution in [3.63, 3.8) is 0 Å². The smallest absolute Gasteiger partial charge is 0.0468 e. The second kappa shape index (κ2) is 20.8. The van der Waals surface area contributed by atoms with Gasteiger partial charge in [0, 0.05) is 35.5 Å². The summed E-state index contributed by atoms with van der Waals surface area (Å²) in [7, 11) is 0. The van der Waals surface area contributed by atoms with Crippen LogP contribution in [0.25, 0.3) is 56.2 Å². The molecule has 0 spiro atoms. The van der Waals surface area contributed by atoms with Gasteiger partial charge in [0.05, 0.1) is 0 Å². The van der Waals surface area contributed by atoms with Gasteiger partial charge >= 0.3 is 0 Å². The van der Waals surface area contributed by atoms with Gasteiger partial charge in [-0.15, -0.1) is 0 Å². The topological polar surface area (TPSA) is 6.48 Å². The van der Waals surface area contributed by atoms with E-state index in [1.54, 1.807) is 0 Å². The van der Waals surface area contributed by atoms with Crippen molar-refractivity contribution >= 4 is 34.4 Å². The third kappa shape index (κ3) is 9.73. The lowest BCUT2D eigenvalue weighted by molar-refractivity contribution is 1.09. The monoisotopic (exact) mass is 826 g/mol. The van der Waals surface area contributed by atoms with E-state index < -0.39 is 0 Å². The van der Waals surface area contributed by atoms with E-state index in [1.165, 1.54) is 44.5 Å². The molecule has 8 aromatic carbocycles. The summed E-state index contributed by atoms with van der Waals surface area (Å²) in [6.45, 7) is 11.4. The molecule has 0 aliphatic carbocycles. The molecular formula is C62H54N2. The molecule has 0 N–H and O–H groups in total. The number of hydrogen-bond acceptors (Lipinski definition) is 2. The molecule has 8 aromatic rings. The lowest BCUT2D eigenvalue weighted by Crippen LogP contribution is -2.15. The number of hydrogen-bond donors (Lipinski definition) is 0. The summed E-state index contributed by atoms with van der Waals surface area (Å²) in [5, 5.41) is 0. The number of allylic oxidation sites excluding steroid dienone is 6. The summed E-state index contributed by atoms with van der Waals surface area (Å²) in [5.74, 6) is 0. The first-order valence-electron chi connectivity index (χ1n) is 22.1. The van der Waals surface area contributed by atoms with E-state index in [-0.39, 0.29) is 0 Å². The highest BCUT2D eigenvalue weighted by atomic mass is 15.1. The Bertz CT molecular complexity index is 2920. The van der Waals surface area contributed by atoms with Crippen molar-refractivity contribution in [2.45, 2.75) is 20.8 Å². The minimum absolute atomic E-state index is 0.738. The van der Waals surface area contributed by atoms with Gasteiger partial charge in [-0.3, -0.25) is 0 Å². The molecule has 0 aromatic heterocycles. The second-order valence-electron chi connectivity index (χ2n) is 15.7. The van der Waals surface area contributed by atoms with E-state index in [2.05, 4.69) is 274 Å². The van der Waals surface area contributed by atoms with Crippen molar-refractivity contribution in [2.24, 2.45) is 0 Å². The minimum atomic E-state index is 0.738. The van der Waals surface area contributed by atoms with Crippen LogP contribution < -0.4 is 9.80 Å². The number of aryl methyl sites for hydroxylation is 1. The summed E-state index contributed by atoms with van der Waals surface area (Å²) < 4.78 is 0. The Labute approximate surface area is 380 Å². The molecule has 0 saturated heterocycles. The number of nitrogens with zero attached hydrogens (tertiary/aromatic N) is 2. The van der Waals surface area contributed by atoms with E-state index in [9.17, 15) is 0 Å². The first kappa shape index (κ1) is 42.7. The molecule has 0 fully saturated rings. The minimum Gasteiger partial charge on any atom is -0.344 e. The molecule has 312 valence electrons. The van der Waals surface area contributed by atoms with E-state index in [0.717, 1.165) is 51.6 Å². The summed E-state index contributed by atoms with van der Waals surface area (Å²) in [4.78, 5) is 4.63. The van der Waals surface area contributed by atoms with Crippen molar-refractivity contribution in [2.75, 3.05) is 16.3 Å². The number of para-hydroxylation sites is 1. The molecule has 0 aliphatic rings. The molecule has 0 heterocycles. The van der Waals surface area contributed by atoms with Crippen molar-refractivity contribution in [3.8, 4) is 44.5 Å². The number of benzene rings is 8. The first-order chi connectivity index (χ1) is 31.6. The van der Waals surface area contributed by atoms with Gasteiger partial charge < -0.3 is 9.80 Å². The van der Waals surface area contributed by atoms with E-state index in [1.807, 2.05) is 12.1 Å². The molecule has 0 aliphatic heterocycles. The zero-order valence-electron chi connectivity index (χ0n) is 37.0. The Morgan fingerprint density at radius 1 is 0.484 bits per heavy atom. The highest BCUT2D eigenvalue weighted by Crippen LogP contribution is 2.44. The summed E-state index contributed by atoms with van der Waals surface area (Å²) in [5.41, 5.74) is 18.3. The van der Waals surface area contributed by atoms with Gasteiger partial charge in [-0.05, 0) is 136 Å². The average Bonchev–Trinajstić information content (AvgIpc) is 3.36. The number of anilines is 4. The van der Waals surface area contributed by atoms with E-state index in [4.69, 9.17) is 0 Å². The van der Waals surface area contributed by atoms with Crippen molar-refractivity contribution in [3.05, 3.63) is 266 Å². The highest BCUT2D eigenvalue weighted by molar-refractivity contribution is 5.94. The third-order valence-electron chi connectivity index (χ3n) is 11.5. The fourth-order valence-corrected chi connectivity index (χ4v) is 8.39. The molecule has 2 nitrogen and oxygen atoms in total. The molecule has 0 bridgehead atoms. The molecule has 2 heteroatoms. The van der Waals surface area contributed by atoms with Crippen LogP contribution in [0.5, 0.6) is 0 Å². The van der Waals surface area contributed by atoms with Crippen molar-refractivity contribution in [1.82, 2.24) is 0 Å². The average molecular weight is 827 g/mol. The van der Waals surface area contributed by atoms with Crippen LogP contribution >= 0.6 is 0 Å². The Kier molecular flexibility index (Phi) is 13.9. The van der Waals surface area contributed by atoms with Gasteiger partial charge in [0.2, 0.25) is 0 Å². The molecular weight excluding hydrogens is 773 g/mol. The van der Waals surface area contributed by atoms with Crippen LogP contribution in [0.4, 0.5) is 22.7 Å². The van der Waals surface area contributed by atoms with Crippen LogP contribution in [0.1, 0.15) is 30.5 Å². The largest absolute Gasteiger partial charge is 0.344 e. The molecule has 0 amide bonds. The highest BCUT2D eigenvalue weighted by Gasteiger charge is 2.20.